The molecule has 1 atom stereocenters. The van der Waals surface area contributed by atoms with Crippen LogP contribution in [-0.4, -0.2) is 44.1 Å². The molecule has 4 N–H and O–H groups in total. The molecule has 0 saturated heterocycles. The normalized spacial score (nSPS) is 12.7. The molecule has 6 nitrogen and oxygen atoms in total. The summed E-state index contributed by atoms with van der Waals surface area (Å²) < 4.78 is 46.3. The van der Waals surface area contributed by atoms with Crippen molar-refractivity contribution in [2.24, 2.45) is 0 Å². The van der Waals surface area contributed by atoms with Crippen LogP contribution < -0.4 is 20.5 Å². The van der Waals surface area contributed by atoms with Crippen LogP contribution in [0.15, 0.2) is 12.1 Å². The van der Waals surface area contributed by atoms with Gasteiger partial charge in [-0.1, -0.05) is 0 Å². The molecule has 0 heterocycles. The molecule has 9 heteroatoms. The third kappa shape index (κ3) is 4.15. The van der Waals surface area contributed by atoms with Gasteiger partial charge in [0.2, 0.25) is 0 Å². The standard InChI is InChI=1S/C12H15F3N2O4/c1-20-6-3-7(10(16)8(4-6)21-2)11(19)17-5-9(18)12(13,14)15/h3-4,9,18H,5,16H2,1-2H3,(H,17,19). The highest BCUT2D eigenvalue weighted by Gasteiger charge is 2.38. The van der Waals surface area contributed by atoms with Crippen molar-refractivity contribution in [2.45, 2.75) is 12.3 Å². The number of benzene rings is 1. The SMILES string of the molecule is COc1cc(OC)c(N)c(C(=O)NCC(O)C(F)(F)F)c1. The summed E-state index contributed by atoms with van der Waals surface area (Å²) in [7, 11) is 2.67. The minimum atomic E-state index is -4.81. The van der Waals surface area contributed by atoms with Crippen LogP contribution in [0.5, 0.6) is 11.5 Å². The topological polar surface area (TPSA) is 93.8 Å². The molecule has 0 aliphatic rings. The van der Waals surface area contributed by atoms with Gasteiger partial charge in [0, 0.05) is 6.07 Å². The van der Waals surface area contributed by atoms with Gasteiger partial charge >= 0.3 is 6.18 Å². The highest BCUT2D eigenvalue weighted by atomic mass is 19.4. The maximum Gasteiger partial charge on any atom is 0.416 e. The second-order valence-corrected chi connectivity index (χ2v) is 4.06. The van der Waals surface area contributed by atoms with E-state index in [1.165, 1.54) is 26.4 Å². The molecular formula is C12H15F3N2O4. The maximum atomic E-state index is 12.2. The van der Waals surface area contributed by atoms with E-state index in [0.717, 1.165) is 0 Å². The average molecular weight is 308 g/mol. The fourth-order valence-electron chi connectivity index (χ4n) is 1.48. The lowest BCUT2D eigenvalue weighted by molar-refractivity contribution is -0.201. The van der Waals surface area contributed by atoms with Gasteiger partial charge in [0.15, 0.2) is 6.10 Å². The van der Waals surface area contributed by atoms with E-state index >= 15 is 0 Å². The van der Waals surface area contributed by atoms with Crippen molar-refractivity contribution in [1.29, 1.82) is 0 Å². The Morgan fingerprint density at radius 3 is 2.48 bits per heavy atom. The summed E-state index contributed by atoms with van der Waals surface area (Å²) in [5.74, 6) is -0.480. The Kier molecular flexibility index (Phi) is 5.25. The van der Waals surface area contributed by atoms with E-state index in [1.807, 2.05) is 5.32 Å². The minimum Gasteiger partial charge on any atom is -0.497 e. The van der Waals surface area contributed by atoms with Crippen molar-refractivity contribution >= 4 is 11.6 Å². The molecule has 1 aromatic rings. The highest BCUT2D eigenvalue weighted by molar-refractivity contribution is 6.01. The van der Waals surface area contributed by atoms with Crippen LogP contribution in [0.4, 0.5) is 18.9 Å². The largest absolute Gasteiger partial charge is 0.497 e. The van der Waals surface area contributed by atoms with E-state index in [9.17, 15) is 18.0 Å². The molecular weight excluding hydrogens is 293 g/mol. The number of carbonyl (C=O) groups is 1. The maximum absolute atomic E-state index is 12.2. The number of nitrogen functional groups attached to an aromatic ring is 1. The third-order valence-corrected chi connectivity index (χ3v) is 2.65. The van der Waals surface area contributed by atoms with Gasteiger partial charge in [-0.25, -0.2) is 0 Å². The van der Waals surface area contributed by atoms with Crippen LogP contribution in [0.1, 0.15) is 10.4 Å². The number of methoxy groups -OCH3 is 2. The van der Waals surface area contributed by atoms with Gasteiger partial charge in [0.25, 0.3) is 5.91 Å². The minimum absolute atomic E-state index is 0.0442. The number of amides is 1. The van der Waals surface area contributed by atoms with Gasteiger partial charge in [-0.05, 0) is 6.07 Å². The van der Waals surface area contributed by atoms with Gasteiger partial charge < -0.3 is 25.6 Å². The number of aliphatic hydroxyl groups excluding tert-OH is 1. The van der Waals surface area contributed by atoms with Crippen molar-refractivity contribution in [3.63, 3.8) is 0 Å². The first-order valence-corrected chi connectivity index (χ1v) is 5.75. The Bertz CT molecular complexity index is 520. The second-order valence-electron chi connectivity index (χ2n) is 4.06. The number of nitrogens with two attached hydrogens (primary N) is 1. The molecule has 0 aliphatic heterocycles. The van der Waals surface area contributed by atoms with Crippen LogP contribution in [0.2, 0.25) is 0 Å². The monoisotopic (exact) mass is 308 g/mol. The molecule has 1 unspecified atom stereocenters. The Labute approximate surface area is 118 Å². The molecule has 0 spiro atoms. The fourth-order valence-corrected chi connectivity index (χ4v) is 1.48. The number of anilines is 1. The quantitative estimate of drug-likeness (QED) is 0.704. The molecule has 0 bridgehead atoms. The first kappa shape index (κ1) is 16.9. The van der Waals surface area contributed by atoms with Gasteiger partial charge in [-0.3, -0.25) is 4.79 Å². The molecule has 21 heavy (non-hydrogen) atoms. The Morgan fingerprint density at radius 1 is 1.38 bits per heavy atom. The lowest BCUT2D eigenvalue weighted by Crippen LogP contribution is -2.40. The highest BCUT2D eigenvalue weighted by Crippen LogP contribution is 2.31. The molecule has 0 aromatic heterocycles. The molecule has 1 rings (SSSR count). The van der Waals surface area contributed by atoms with Crippen LogP contribution in [0.25, 0.3) is 0 Å². The van der Waals surface area contributed by atoms with E-state index in [2.05, 4.69) is 0 Å². The van der Waals surface area contributed by atoms with Crippen LogP contribution in [-0.2, 0) is 0 Å². The number of halogens is 3. The molecule has 0 radical (unpaired) electrons. The smallest absolute Gasteiger partial charge is 0.416 e. The number of nitrogens with one attached hydrogen (secondary N) is 1. The van der Waals surface area contributed by atoms with Gasteiger partial charge in [-0.2, -0.15) is 13.2 Å². The van der Waals surface area contributed by atoms with Crippen molar-refractivity contribution in [3.05, 3.63) is 17.7 Å². The summed E-state index contributed by atoms with van der Waals surface area (Å²) in [4.78, 5) is 11.9. The summed E-state index contributed by atoms with van der Waals surface area (Å²) in [6.45, 7) is -0.985. The summed E-state index contributed by atoms with van der Waals surface area (Å²) in [6, 6.07) is 2.68. The third-order valence-electron chi connectivity index (χ3n) is 2.65. The van der Waals surface area contributed by atoms with E-state index in [4.69, 9.17) is 20.3 Å². The zero-order valence-corrected chi connectivity index (χ0v) is 11.3. The molecule has 0 fully saturated rings. The zero-order chi connectivity index (χ0) is 16.2. The molecule has 1 aromatic carbocycles. The van der Waals surface area contributed by atoms with Crippen LogP contribution in [0.3, 0.4) is 0 Å². The first-order valence-electron chi connectivity index (χ1n) is 5.75. The van der Waals surface area contributed by atoms with Crippen molar-refractivity contribution in [2.75, 3.05) is 26.5 Å². The fraction of sp³-hybridized carbons (Fsp3) is 0.417. The Morgan fingerprint density at radius 2 is 2.00 bits per heavy atom. The van der Waals surface area contributed by atoms with E-state index in [1.54, 1.807) is 0 Å². The lowest BCUT2D eigenvalue weighted by atomic mass is 10.1. The van der Waals surface area contributed by atoms with Crippen molar-refractivity contribution in [3.8, 4) is 11.5 Å². The number of carbonyl (C=O) groups excluding carboxylic acids is 1. The van der Waals surface area contributed by atoms with E-state index < -0.39 is 24.7 Å². The van der Waals surface area contributed by atoms with Crippen molar-refractivity contribution < 1.29 is 32.5 Å². The number of aliphatic hydroxyl groups is 1. The van der Waals surface area contributed by atoms with Gasteiger partial charge in [0.1, 0.15) is 11.5 Å². The summed E-state index contributed by atoms with van der Waals surface area (Å²) >= 11 is 0. The van der Waals surface area contributed by atoms with E-state index in [0.29, 0.717) is 0 Å². The van der Waals surface area contributed by atoms with Crippen LogP contribution in [0, 0.1) is 0 Å². The molecule has 0 saturated carbocycles. The lowest BCUT2D eigenvalue weighted by Gasteiger charge is -2.16. The molecule has 118 valence electrons. The number of rotatable bonds is 5. The number of hydrogen-bond acceptors (Lipinski definition) is 5. The van der Waals surface area contributed by atoms with Crippen molar-refractivity contribution in [1.82, 2.24) is 5.32 Å². The van der Waals surface area contributed by atoms with Gasteiger partial charge in [-0.15, -0.1) is 0 Å². The number of ether oxygens (including phenoxy) is 2. The Hall–Kier alpha value is -2.16. The van der Waals surface area contributed by atoms with Gasteiger partial charge in [0.05, 0.1) is 32.0 Å². The number of alkyl halides is 3. The zero-order valence-electron chi connectivity index (χ0n) is 11.3. The average Bonchev–Trinajstić information content (AvgIpc) is 2.43. The summed E-state index contributed by atoms with van der Waals surface area (Å²) in [5, 5.41) is 10.8. The van der Waals surface area contributed by atoms with E-state index in [-0.39, 0.29) is 22.7 Å². The predicted molar refractivity (Wildman–Crippen MR) is 68.4 cm³/mol. The molecule has 1 amide bonds. The second kappa shape index (κ2) is 6.53. The molecule has 0 aliphatic carbocycles. The summed E-state index contributed by atoms with van der Waals surface area (Å²) in [5.41, 5.74) is 5.53. The number of hydrogen-bond donors (Lipinski definition) is 3. The van der Waals surface area contributed by atoms with Crippen LogP contribution >= 0.6 is 0 Å². The first-order chi connectivity index (χ1) is 9.70. The summed E-state index contributed by atoms with van der Waals surface area (Å²) in [6.07, 6.45) is -7.47. The predicted octanol–water partition coefficient (Wildman–Crippen LogP) is 0.939. The Balaban J connectivity index is 2.92.